The molecule has 1 fully saturated rings. The fourth-order valence-corrected chi connectivity index (χ4v) is 2.86. The molecule has 102 valence electrons. The Morgan fingerprint density at radius 3 is 3.05 bits per heavy atom. The van der Waals surface area contributed by atoms with E-state index < -0.39 is 0 Å². The molecule has 0 aromatic carbocycles. The average Bonchev–Trinajstić information content (AvgIpc) is 2.74. The molecule has 3 rings (SSSR count). The van der Waals surface area contributed by atoms with Crippen LogP contribution in [0.2, 0.25) is 5.28 Å². The number of anilines is 1. The highest BCUT2D eigenvalue weighted by Gasteiger charge is 2.23. The van der Waals surface area contributed by atoms with Crippen molar-refractivity contribution in [2.75, 3.05) is 31.6 Å². The minimum atomic E-state index is 0.261. The molecule has 0 spiro atoms. The van der Waals surface area contributed by atoms with Gasteiger partial charge in [-0.2, -0.15) is 15.1 Å². The van der Waals surface area contributed by atoms with Crippen LogP contribution in [0.15, 0.2) is 6.20 Å². The minimum absolute atomic E-state index is 0.261. The largest absolute Gasteiger partial charge is 0.352 e. The summed E-state index contributed by atoms with van der Waals surface area (Å²) in [7, 11) is 2.15. The number of fused-ring (bicyclic) bond motifs is 1. The van der Waals surface area contributed by atoms with Crippen molar-refractivity contribution in [1.82, 2.24) is 25.1 Å². The van der Waals surface area contributed by atoms with Gasteiger partial charge in [0.05, 0.1) is 11.6 Å². The van der Waals surface area contributed by atoms with Crippen molar-refractivity contribution in [2.24, 2.45) is 0 Å². The molecule has 0 radical (unpaired) electrons. The highest BCUT2D eigenvalue weighted by atomic mass is 35.5. The normalized spacial score (nSPS) is 21.8. The van der Waals surface area contributed by atoms with Gasteiger partial charge in [-0.3, -0.25) is 5.10 Å². The molecule has 0 amide bonds. The maximum atomic E-state index is 6.01. The van der Waals surface area contributed by atoms with Crippen LogP contribution in [0.1, 0.15) is 13.3 Å². The summed E-state index contributed by atoms with van der Waals surface area (Å²) in [4.78, 5) is 13.2. The van der Waals surface area contributed by atoms with E-state index in [1.165, 1.54) is 0 Å². The molecular weight excluding hydrogens is 264 g/mol. The zero-order chi connectivity index (χ0) is 13.4. The number of halogens is 1. The predicted molar refractivity (Wildman–Crippen MR) is 75.6 cm³/mol. The smallest absolute Gasteiger partial charge is 0.226 e. The summed E-state index contributed by atoms with van der Waals surface area (Å²) in [5, 5.41) is 8.09. The van der Waals surface area contributed by atoms with E-state index >= 15 is 0 Å². The van der Waals surface area contributed by atoms with Crippen LogP contribution in [0.25, 0.3) is 11.0 Å². The van der Waals surface area contributed by atoms with Gasteiger partial charge in [-0.15, -0.1) is 0 Å². The summed E-state index contributed by atoms with van der Waals surface area (Å²) in [5.74, 6) is 0.881. The summed E-state index contributed by atoms with van der Waals surface area (Å²) < 4.78 is 0. The van der Waals surface area contributed by atoms with E-state index in [-0.39, 0.29) is 5.28 Å². The first-order valence-electron chi connectivity index (χ1n) is 6.47. The van der Waals surface area contributed by atoms with Gasteiger partial charge in [-0.25, -0.2) is 0 Å². The number of H-pyrrole nitrogens is 1. The van der Waals surface area contributed by atoms with Crippen molar-refractivity contribution in [1.29, 1.82) is 0 Å². The summed E-state index contributed by atoms with van der Waals surface area (Å²) in [5.41, 5.74) is 0.694. The number of likely N-dealkylation sites (N-methyl/N-ethyl adjacent to an activating group) is 1. The van der Waals surface area contributed by atoms with Crippen LogP contribution in [-0.4, -0.2) is 57.8 Å². The third-order valence-corrected chi connectivity index (χ3v) is 3.75. The molecule has 0 bridgehead atoms. The third-order valence-electron chi connectivity index (χ3n) is 3.58. The second kappa shape index (κ2) is 4.94. The number of nitrogens with one attached hydrogen (secondary N) is 1. The Labute approximate surface area is 116 Å². The van der Waals surface area contributed by atoms with Gasteiger partial charge in [0.15, 0.2) is 5.65 Å². The molecule has 1 unspecified atom stereocenters. The Hall–Kier alpha value is -1.40. The molecule has 2 aromatic rings. The van der Waals surface area contributed by atoms with Crippen molar-refractivity contribution in [3.05, 3.63) is 11.5 Å². The number of aromatic nitrogens is 4. The molecule has 1 N–H and O–H groups in total. The third kappa shape index (κ3) is 2.37. The van der Waals surface area contributed by atoms with Gasteiger partial charge in [0.1, 0.15) is 5.82 Å². The van der Waals surface area contributed by atoms with Crippen LogP contribution in [0.5, 0.6) is 0 Å². The van der Waals surface area contributed by atoms with Gasteiger partial charge in [-0.1, -0.05) is 0 Å². The highest BCUT2D eigenvalue weighted by molar-refractivity contribution is 6.28. The fourth-order valence-electron chi connectivity index (χ4n) is 2.70. The molecule has 1 aliphatic rings. The minimum Gasteiger partial charge on any atom is -0.352 e. The maximum absolute atomic E-state index is 6.01. The molecule has 2 aromatic heterocycles. The number of hydrogen-bond acceptors (Lipinski definition) is 5. The van der Waals surface area contributed by atoms with Crippen molar-refractivity contribution in [2.45, 2.75) is 19.4 Å². The molecular formula is C12H17ClN6. The number of nitrogens with zero attached hydrogens (tertiary/aromatic N) is 5. The molecule has 3 heterocycles. The SMILES string of the molecule is CC1CN(C)CCCN1c1nc(Cl)nc2[nH]ncc12. The van der Waals surface area contributed by atoms with E-state index in [2.05, 4.69) is 43.9 Å². The van der Waals surface area contributed by atoms with Gasteiger partial charge in [0.25, 0.3) is 0 Å². The number of aromatic amines is 1. The molecule has 0 saturated carbocycles. The van der Waals surface area contributed by atoms with E-state index in [4.69, 9.17) is 11.6 Å². The molecule has 0 aliphatic carbocycles. The standard InChI is InChI=1S/C12H17ClN6/c1-8-7-18(2)4-3-5-19(8)11-9-6-14-17-10(9)15-12(13)16-11/h6,8H,3-5,7H2,1-2H3,(H,14,15,16,17). The van der Waals surface area contributed by atoms with Crippen LogP contribution < -0.4 is 4.90 Å². The van der Waals surface area contributed by atoms with E-state index in [1.54, 1.807) is 6.20 Å². The zero-order valence-electron chi connectivity index (χ0n) is 11.1. The second-order valence-electron chi connectivity index (χ2n) is 5.11. The lowest BCUT2D eigenvalue weighted by molar-refractivity contribution is 0.337. The Kier molecular flexibility index (Phi) is 3.28. The quantitative estimate of drug-likeness (QED) is 0.803. The van der Waals surface area contributed by atoms with Crippen LogP contribution in [-0.2, 0) is 0 Å². The first-order chi connectivity index (χ1) is 9.15. The zero-order valence-corrected chi connectivity index (χ0v) is 11.9. The van der Waals surface area contributed by atoms with Crippen molar-refractivity contribution < 1.29 is 0 Å². The topological polar surface area (TPSA) is 60.9 Å². The lowest BCUT2D eigenvalue weighted by Gasteiger charge is -2.29. The van der Waals surface area contributed by atoms with Crippen LogP contribution in [0, 0.1) is 0 Å². The number of hydrogen-bond donors (Lipinski definition) is 1. The Balaban J connectivity index is 2.04. The van der Waals surface area contributed by atoms with Crippen LogP contribution >= 0.6 is 11.6 Å². The molecule has 1 atom stereocenters. The van der Waals surface area contributed by atoms with E-state index in [0.29, 0.717) is 11.7 Å². The van der Waals surface area contributed by atoms with Gasteiger partial charge >= 0.3 is 0 Å². The molecule has 1 aliphatic heterocycles. The molecule has 6 nitrogen and oxygen atoms in total. The number of rotatable bonds is 1. The Bertz CT molecular complexity index is 583. The Morgan fingerprint density at radius 2 is 2.21 bits per heavy atom. The maximum Gasteiger partial charge on any atom is 0.226 e. The van der Waals surface area contributed by atoms with Crippen LogP contribution in [0.3, 0.4) is 0 Å². The van der Waals surface area contributed by atoms with E-state index in [0.717, 1.165) is 37.3 Å². The van der Waals surface area contributed by atoms with Gasteiger partial charge < -0.3 is 9.80 Å². The lowest BCUT2D eigenvalue weighted by Crippen LogP contribution is -2.38. The Morgan fingerprint density at radius 1 is 1.37 bits per heavy atom. The highest BCUT2D eigenvalue weighted by Crippen LogP contribution is 2.26. The predicted octanol–water partition coefficient (Wildman–Crippen LogP) is 1.54. The summed E-state index contributed by atoms with van der Waals surface area (Å²) in [6, 6.07) is 0.386. The van der Waals surface area contributed by atoms with E-state index in [1.807, 2.05) is 0 Å². The second-order valence-corrected chi connectivity index (χ2v) is 5.44. The van der Waals surface area contributed by atoms with Gasteiger partial charge in [0.2, 0.25) is 5.28 Å². The van der Waals surface area contributed by atoms with Gasteiger partial charge in [0, 0.05) is 19.1 Å². The monoisotopic (exact) mass is 280 g/mol. The fraction of sp³-hybridized carbons (Fsp3) is 0.583. The van der Waals surface area contributed by atoms with Crippen molar-refractivity contribution in [3.63, 3.8) is 0 Å². The van der Waals surface area contributed by atoms with Crippen molar-refractivity contribution in [3.8, 4) is 0 Å². The summed E-state index contributed by atoms with van der Waals surface area (Å²) in [6.07, 6.45) is 2.88. The van der Waals surface area contributed by atoms with E-state index in [9.17, 15) is 0 Å². The van der Waals surface area contributed by atoms with Crippen LogP contribution in [0.4, 0.5) is 5.82 Å². The first kappa shape index (κ1) is 12.6. The average molecular weight is 281 g/mol. The van der Waals surface area contributed by atoms with Crippen molar-refractivity contribution >= 4 is 28.5 Å². The summed E-state index contributed by atoms with van der Waals surface area (Å²) in [6.45, 7) is 5.30. The van der Waals surface area contributed by atoms with Gasteiger partial charge in [-0.05, 0) is 38.5 Å². The molecule has 7 heteroatoms. The lowest BCUT2D eigenvalue weighted by atomic mass is 10.2. The first-order valence-corrected chi connectivity index (χ1v) is 6.85. The summed E-state index contributed by atoms with van der Waals surface area (Å²) >= 11 is 6.01. The molecule has 1 saturated heterocycles. The molecule has 19 heavy (non-hydrogen) atoms.